The Balaban J connectivity index is 1.13. The molecule has 4 N–H and O–H groups in total. The van der Waals surface area contributed by atoms with Gasteiger partial charge >= 0.3 is 5.69 Å². The number of nitrogens with two attached hydrogens (primary N) is 1. The number of likely N-dealkylation sites (tertiary alicyclic amines) is 1. The minimum Gasteiger partial charge on any atom is -0.388 e. The molecule has 192 valence electrons. The van der Waals surface area contributed by atoms with Gasteiger partial charge < -0.3 is 30.2 Å². The number of aromatic amines is 1. The third-order valence-electron chi connectivity index (χ3n) is 7.31. The Morgan fingerprint density at radius 1 is 1.31 bits per heavy atom. The van der Waals surface area contributed by atoms with E-state index in [9.17, 15) is 14.7 Å². The largest absolute Gasteiger partial charge is 0.388 e. The van der Waals surface area contributed by atoms with Gasteiger partial charge in [0.25, 0.3) is 0 Å². The van der Waals surface area contributed by atoms with E-state index in [0.717, 1.165) is 16.6 Å². The van der Waals surface area contributed by atoms with E-state index in [1.807, 2.05) is 25.1 Å². The lowest BCUT2D eigenvalue weighted by Crippen LogP contribution is -2.59. The van der Waals surface area contributed by atoms with Crippen LogP contribution in [0.3, 0.4) is 0 Å². The molecule has 1 aromatic carbocycles. The first kappa shape index (κ1) is 24.4. The molecule has 2 saturated heterocycles. The number of piperidine rings is 1. The lowest BCUT2D eigenvalue weighted by molar-refractivity contribution is -0.198. The molecule has 2 aliphatic heterocycles. The number of hydrogen-bond acceptors (Lipinski definition) is 8. The fourth-order valence-corrected chi connectivity index (χ4v) is 5.36. The van der Waals surface area contributed by atoms with Crippen LogP contribution in [-0.2, 0) is 20.9 Å². The smallest absolute Gasteiger partial charge is 0.349 e. The van der Waals surface area contributed by atoms with Crippen LogP contribution >= 0.6 is 0 Å². The molecule has 2 atom stereocenters. The zero-order valence-electron chi connectivity index (χ0n) is 20.6. The maximum Gasteiger partial charge on any atom is 0.349 e. The van der Waals surface area contributed by atoms with Gasteiger partial charge in [-0.15, -0.1) is 0 Å². The number of carbonyl (C=O) groups excluding carboxylic acids is 1. The van der Waals surface area contributed by atoms with Crippen molar-refractivity contribution >= 4 is 22.8 Å². The third-order valence-corrected chi connectivity index (χ3v) is 7.31. The monoisotopic (exact) mass is 496 g/mol. The topological polar surface area (TPSA) is 149 Å². The second-order valence-corrected chi connectivity index (χ2v) is 10.2. The number of aliphatic hydroxyl groups is 1. The average molecular weight is 497 g/mol. The van der Waals surface area contributed by atoms with Crippen molar-refractivity contribution in [2.24, 2.45) is 0 Å². The highest BCUT2D eigenvalue weighted by molar-refractivity contribution is 5.77. The second kappa shape index (κ2) is 9.30. The van der Waals surface area contributed by atoms with Crippen LogP contribution < -0.4 is 11.4 Å². The minimum absolute atomic E-state index is 0.0310. The molecular weight excluding hydrogens is 464 g/mol. The Bertz CT molecular complexity index is 1320. The van der Waals surface area contributed by atoms with Crippen LogP contribution in [0.15, 0.2) is 35.3 Å². The molecule has 0 unspecified atom stereocenters. The summed E-state index contributed by atoms with van der Waals surface area (Å²) in [5.74, 6) is 0.735. The SMILES string of the molecule is Cc1ccc2nc(COCC(=O)N3CCC4(CC3)C[C@@](C)(O)[C@H](n3ccc(N)nc3=O)CO4)[nH]c2c1. The highest BCUT2D eigenvalue weighted by Crippen LogP contribution is 2.43. The molecule has 2 aliphatic rings. The number of nitrogen functional groups attached to an aromatic ring is 1. The average Bonchev–Trinajstić information content (AvgIpc) is 3.21. The van der Waals surface area contributed by atoms with Gasteiger partial charge in [-0.1, -0.05) is 6.07 Å². The number of H-pyrrole nitrogens is 1. The van der Waals surface area contributed by atoms with E-state index in [1.165, 1.54) is 10.6 Å². The number of fused-ring (bicyclic) bond motifs is 1. The number of aromatic nitrogens is 4. The van der Waals surface area contributed by atoms with Crippen LogP contribution in [0, 0.1) is 6.92 Å². The van der Waals surface area contributed by atoms with Crippen molar-refractivity contribution in [1.82, 2.24) is 24.4 Å². The van der Waals surface area contributed by atoms with Crippen LogP contribution in [0.4, 0.5) is 5.82 Å². The van der Waals surface area contributed by atoms with Crippen molar-refractivity contribution in [3.63, 3.8) is 0 Å². The van der Waals surface area contributed by atoms with E-state index < -0.39 is 22.9 Å². The summed E-state index contributed by atoms with van der Waals surface area (Å²) in [7, 11) is 0. The standard InChI is InChI=1S/C25H32N6O5/c1-16-3-4-17-18(11-16)28-21(27-17)13-35-14-22(32)30-9-6-25(7-10-30)15-24(2,34)19(12-36-25)31-8-5-20(26)29-23(31)33/h3-5,8,11,19,34H,6-7,9-10,12-15H2,1-2H3,(H,27,28)(H2,26,29,33)/t19-,24-/m1/s1. The summed E-state index contributed by atoms with van der Waals surface area (Å²) < 4.78 is 13.3. The minimum atomic E-state index is -1.18. The molecule has 3 aromatic rings. The molecule has 1 amide bonds. The number of ether oxygens (including phenoxy) is 2. The summed E-state index contributed by atoms with van der Waals surface area (Å²) >= 11 is 0. The van der Waals surface area contributed by atoms with Gasteiger partial charge in [-0.25, -0.2) is 9.78 Å². The molecule has 36 heavy (non-hydrogen) atoms. The zero-order chi connectivity index (χ0) is 25.5. The first-order valence-corrected chi connectivity index (χ1v) is 12.2. The summed E-state index contributed by atoms with van der Waals surface area (Å²) in [6.45, 7) is 5.13. The van der Waals surface area contributed by atoms with Crippen LogP contribution in [-0.4, -0.2) is 72.9 Å². The maximum atomic E-state index is 12.7. The highest BCUT2D eigenvalue weighted by atomic mass is 16.5. The highest BCUT2D eigenvalue weighted by Gasteiger charge is 2.50. The van der Waals surface area contributed by atoms with Gasteiger partial charge in [0.15, 0.2) is 0 Å². The molecule has 11 heteroatoms. The molecular formula is C25H32N6O5. The van der Waals surface area contributed by atoms with E-state index in [0.29, 0.717) is 38.2 Å². The summed E-state index contributed by atoms with van der Waals surface area (Å²) in [5, 5.41) is 11.3. The number of aryl methyl sites for hydroxylation is 1. The van der Waals surface area contributed by atoms with Crippen molar-refractivity contribution in [1.29, 1.82) is 0 Å². The number of nitrogens with zero attached hydrogens (tertiary/aromatic N) is 4. The van der Waals surface area contributed by atoms with Crippen molar-refractivity contribution < 1.29 is 19.4 Å². The summed E-state index contributed by atoms with van der Waals surface area (Å²) in [6, 6.07) is 6.95. The first-order valence-electron chi connectivity index (χ1n) is 12.2. The molecule has 1 spiro atoms. The molecule has 2 aromatic heterocycles. The van der Waals surface area contributed by atoms with Gasteiger partial charge in [0.1, 0.15) is 24.9 Å². The van der Waals surface area contributed by atoms with Gasteiger partial charge in [-0.3, -0.25) is 9.36 Å². The van der Waals surface area contributed by atoms with Crippen LogP contribution in [0.1, 0.15) is 43.6 Å². The molecule has 2 fully saturated rings. The molecule has 0 saturated carbocycles. The fourth-order valence-electron chi connectivity index (χ4n) is 5.36. The number of benzene rings is 1. The third kappa shape index (κ3) is 4.86. The number of rotatable bonds is 5. The Morgan fingerprint density at radius 3 is 2.81 bits per heavy atom. The second-order valence-electron chi connectivity index (χ2n) is 10.2. The Hall–Kier alpha value is -3.28. The normalized spacial score (nSPS) is 23.9. The van der Waals surface area contributed by atoms with Gasteiger partial charge in [-0.2, -0.15) is 4.98 Å². The Kier molecular flexibility index (Phi) is 6.31. The number of carbonyl (C=O) groups is 1. The summed E-state index contributed by atoms with van der Waals surface area (Å²) in [5.41, 5.74) is 6.31. The molecule has 11 nitrogen and oxygen atoms in total. The fraction of sp³-hybridized carbons (Fsp3) is 0.520. The van der Waals surface area contributed by atoms with Gasteiger partial charge in [-0.05, 0) is 50.5 Å². The number of hydrogen-bond donors (Lipinski definition) is 3. The summed E-state index contributed by atoms with van der Waals surface area (Å²) in [4.78, 5) is 38.3. The van der Waals surface area contributed by atoms with Crippen molar-refractivity contribution in [2.45, 2.75) is 57.0 Å². The Labute approximate surface area is 208 Å². The van der Waals surface area contributed by atoms with Gasteiger partial charge in [0.05, 0.1) is 34.9 Å². The van der Waals surface area contributed by atoms with E-state index in [1.54, 1.807) is 18.0 Å². The van der Waals surface area contributed by atoms with Crippen LogP contribution in [0.2, 0.25) is 0 Å². The van der Waals surface area contributed by atoms with E-state index >= 15 is 0 Å². The molecule has 0 radical (unpaired) electrons. The molecule has 5 rings (SSSR count). The number of anilines is 1. The predicted octanol–water partition coefficient (Wildman–Crippen LogP) is 1.30. The van der Waals surface area contributed by atoms with Crippen molar-refractivity contribution in [3.8, 4) is 0 Å². The van der Waals surface area contributed by atoms with Crippen LogP contribution in [0.5, 0.6) is 0 Å². The van der Waals surface area contributed by atoms with Crippen LogP contribution in [0.25, 0.3) is 11.0 Å². The number of amides is 1. The quantitative estimate of drug-likeness (QED) is 0.479. The van der Waals surface area contributed by atoms with E-state index in [4.69, 9.17) is 15.2 Å². The van der Waals surface area contributed by atoms with Crippen molar-refractivity contribution in [2.75, 3.05) is 32.0 Å². The first-order chi connectivity index (χ1) is 17.1. The predicted molar refractivity (Wildman–Crippen MR) is 132 cm³/mol. The number of nitrogens with one attached hydrogen (secondary N) is 1. The Morgan fingerprint density at radius 2 is 2.08 bits per heavy atom. The van der Waals surface area contributed by atoms with E-state index in [2.05, 4.69) is 15.0 Å². The van der Waals surface area contributed by atoms with Gasteiger partial charge in [0.2, 0.25) is 5.91 Å². The molecule has 0 bridgehead atoms. The lowest BCUT2D eigenvalue weighted by Gasteiger charge is -2.51. The van der Waals surface area contributed by atoms with Gasteiger partial charge in [0, 0.05) is 25.7 Å². The zero-order valence-corrected chi connectivity index (χ0v) is 20.6. The molecule has 0 aliphatic carbocycles. The van der Waals surface area contributed by atoms with E-state index in [-0.39, 0.29) is 31.5 Å². The van der Waals surface area contributed by atoms with Crippen molar-refractivity contribution in [3.05, 3.63) is 52.3 Å². The summed E-state index contributed by atoms with van der Waals surface area (Å²) in [6.07, 6.45) is 3.09. The molecule has 4 heterocycles. The lowest BCUT2D eigenvalue weighted by atomic mass is 9.75. The number of imidazole rings is 1. The maximum absolute atomic E-state index is 12.7.